The molecule has 1 atom stereocenters. The van der Waals surface area contributed by atoms with Gasteiger partial charge in [0.15, 0.2) is 0 Å². The molecule has 118 valence electrons. The number of benzene rings is 1. The maximum absolute atomic E-state index is 9.64. The highest BCUT2D eigenvalue weighted by Gasteiger charge is 2.11. The molecule has 0 aliphatic rings. The summed E-state index contributed by atoms with van der Waals surface area (Å²) in [6, 6.07) is 12.7. The summed E-state index contributed by atoms with van der Waals surface area (Å²) in [5, 5.41) is 9.64. The van der Waals surface area contributed by atoms with E-state index < -0.39 is 0 Å². The Balaban J connectivity index is 2.11. The summed E-state index contributed by atoms with van der Waals surface area (Å²) in [5.41, 5.74) is 3.91. The second-order valence-corrected chi connectivity index (χ2v) is 5.89. The third-order valence-electron chi connectivity index (χ3n) is 3.82. The summed E-state index contributed by atoms with van der Waals surface area (Å²) in [7, 11) is 0. The van der Waals surface area contributed by atoms with Gasteiger partial charge in [-0.15, -0.1) is 6.58 Å². The maximum Gasteiger partial charge on any atom is 0.0639 e. The van der Waals surface area contributed by atoms with Crippen LogP contribution in [0.3, 0.4) is 0 Å². The molecule has 2 rings (SSSR count). The van der Waals surface area contributed by atoms with Crippen molar-refractivity contribution in [3.63, 3.8) is 0 Å². The zero-order valence-electron chi connectivity index (χ0n) is 13.6. The minimum Gasteiger partial charge on any atom is -0.392 e. The Kier molecular flexibility index (Phi) is 5.99. The fourth-order valence-electron chi connectivity index (χ4n) is 2.71. The second kappa shape index (κ2) is 7.97. The number of aliphatic hydroxyl groups excluding tert-OH is 1. The lowest BCUT2D eigenvalue weighted by Gasteiger charge is -2.23. The van der Waals surface area contributed by atoms with E-state index in [4.69, 9.17) is 0 Å². The first kappa shape index (κ1) is 16.5. The predicted octanol–water partition coefficient (Wildman–Crippen LogP) is 3.21. The Morgan fingerprint density at radius 2 is 2.05 bits per heavy atom. The molecule has 2 aromatic rings. The Hall–Kier alpha value is -1.84. The van der Waals surface area contributed by atoms with Gasteiger partial charge in [0.1, 0.15) is 0 Å². The van der Waals surface area contributed by atoms with Crippen molar-refractivity contribution >= 4 is 0 Å². The van der Waals surface area contributed by atoms with Gasteiger partial charge in [-0.2, -0.15) is 0 Å². The number of nitrogens with zero attached hydrogens (tertiary/aromatic N) is 2. The number of rotatable bonds is 8. The number of aliphatic hydroxyl groups is 1. The van der Waals surface area contributed by atoms with Crippen molar-refractivity contribution in [1.29, 1.82) is 0 Å². The molecule has 0 saturated heterocycles. The van der Waals surface area contributed by atoms with Gasteiger partial charge in [0.25, 0.3) is 0 Å². The molecule has 0 spiro atoms. The minimum absolute atomic E-state index is 0.334. The third kappa shape index (κ3) is 4.58. The van der Waals surface area contributed by atoms with Gasteiger partial charge in [0.05, 0.1) is 6.10 Å². The zero-order chi connectivity index (χ0) is 15.9. The van der Waals surface area contributed by atoms with Crippen molar-refractivity contribution in [3.05, 3.63) is 72.1 Å². The standard InChI is InChI=1S/C19H26N2O/c1-4-11-20(13-17(3)22)15-19-10-7-12-21(19)14-18-9-6-5-8-16(18)2/h4-10,12,17,22H,1,11,13-15H2,2-3H3/t17-/m0/s1. The molecule has 0 aliphatic carbocycles. The maximum atomic E-state index is 9.64. The van der Waals surface area contributed by atoms with Crippen molar-refractivity contribution in [2.45, 2.75) is 33.0 Å². The van der Waals surface area contributed by atoms with Crippen LogP contribution in [0.15, 0.2) is 55.3 Å². The molecular formula is C19H26N2O. The van der Waals surface area contributed by atoms with Crippen LogP contribution >= 0.6 is 0 Å². The molecule has 0 saturated carbocycles. The molecular weight excluding hydrogens is 272 g/mol. The van der Waals surface area contributed by atoms with E-state index in [1.165, 1.54) is 16.8 Å². The fraction of sp³-hybridized carbons (Fsp3) is 0.368. The largest absolute Gasteiger partial charge is 0.392 e. The van der Waals surface area contributed by atoms with Crippen molar-refractivity contribution in [1.82, 2.24) is 9.47 Å². The van der Waals surface area contributed by atoms with E-state index in [1.54, 1.807) is 0 Å². The van der Waals surface area contributed by atoms with E-state index in [0.29, 0.717) is 6.54 Å². The van der Waals surface area contributed by atoms with E-state index in [0.717, 1.165) is 19.6 Å². The van der Waals surface area contributed by atoms with Gasteiger partial charge in [0.2, 0.25) is 0 Å². The lowest BCUT2D eigenvalue weighted by Crippen LogP contribution is -2.31. The first-order valence-corrected chi connectivity index (χ1v) is 7.80. The van der Waals surface area contributed by atoms with Crippen LogP contribution in [0.1, 0.15) is 23.7 Å². The minimum atomic E-state index is -0.334. The first-order chi connectivity index (χ1) is 10.6. The van der Waals surface area contributed by atoms with E-state index >= 15 is 0 Å². The lowest BCUT2D eigenvalue weighted by atomic mass is 10.1. The van der Waals surface area contributed by atoms with Gasteiger partial charge in [0, 0.05) is 38.1 Å². The molecule has 1 N–H and O–H groups in total. The van der Waals surface area contributed by atoms with Crippen LogP contribution in [0.4, 0.5) is 0 Å². The van der Waals surface area contributed by atoms with E-state index in [2.05, 4.69) is 65.6 Å². The Morgan fingerprint density at radius 1 is 1.27 bits per heavy atom. The molecule has 1 aromatic carbocycles. The predicted molar refractivity (Wildman–Crippen MR) is 91.9 cm³/mol. The summed E-state index contributed by atoms with van der Waals surface area (Å²) < 4.78 is 2.28. The Labute approximate surface area is 133 Å². The number of aromatic nitrogens is 1. The molecule has 22 heavy (non-hydrogen) atoms. The summed E-state index contributed by atoms with van der Waals surface area (Å²) in [5.74, 6) is 0. The average Bonchev–Trinajstić information content (AvgIpc) is 2.88. The van der Waals surface area contributed by atoms with Crippen LogP contribution < -0.4 is 0 Å². The smallest absolute Gasteiger partial charge is 0.0639 e. The molecule has 1 heterocycles. The molecule has 0 fully saturated rings. The van der Waals surface area contributed by atoms with Crippen molar-refractivity contribution < 1.29 is 5.11 Å². The average molecular weight is 298 g/mol. The highest BCUT2D eigenvalue weighted by atomic mass is 16.3. The lowest BCUT2D eigenvalue weighted by molar-refractivity contribution is 0.128. The molecule has 3 heteroatoms. The van der Waals surface area contributed by atoms with Crippen LogP contribution in [0, 0.1) is 6.92 Å². The van der Waals surface area contributed by atoms with Crippen molar-refractivity contribution in [3.8, 4) is 0 Å². The fourth-order valence-corrected chi connectivity index (χ4v) is 2.71. The Morgan fingerprint density at radius 3 is 2.73 bits per heavy atom. The third-order valence-corrected chi connectivity index (χ3v) is 3.82. The van der Waals surface area contributed by atoms with Gasteiger partial charge in [-0.1, -0.05) is 30.3 Å². The van der Waals surface area contributed by atoms with E-state index in [1.807, 2.05) is 13.0 Å². The van der Waals surface area contributed by atoms with Gasteiger partial charge < -0.3 is 9.67 Å². The van der Waals surface area contributed by atoms with Crippen LogP contribution in [0.2, 0.25) is 0 Å². The number of hydrogen-bond donors (Lipinski definition) is 1. The molecule has 0 aliphatic heterocycles. The van der Waals surface area contributed by atoms with Gasteiger partial charge in [-0.25, -0.2) is 0 Å². The molecule has 3 nitrogen and oxygen atoms in total. The van der Waals surface area contributed by atoms with Crippen LogP contribution in [0.25, 0.3) is 0 Å². The highest BCUT2D eigenvalue weighted by Crippen LogP contribution is 2.13. The summed E-state index contributed by atoms with van der Waals surface area (Å²) in [6.45, 7) is 10.9. The molecule has 0 amide bonds. The summed E-state index contributed by atoms with van der Waals surface area (Å²) in [6.07, 6.45) is 3.67. The van der Waals surface area contributed by atoms with Gasteiger partial charge in [-0.3, -0.25) is 4.90 Å². The van der Waals surface area contributed by atoms with E-state index in [-0.39, 0.29) is 6.10 Å². The monoisotopic (exact) mass is 298 g/mol. The second-order valence-electron chi connectivity index (χ2n) is 5.89. The van der Waals surface area contributed by atoms with Crippen molar-refractivity contribution in [2.24, 2.45) is 0 Å². The first-order valence-electron chi connectivity index (χ1n) is 7.80. The van der Waals surface area contributed by atoms with Crippen LogP contribution in [-0.2, 0) is 13.1 Å². The van der Waals surface area contributed by atoms with Crippen molar-refractivity contribution in [2.75, 3.05) is 13.1 Å². The SMILES string of the molecule is C=CCN(Cc1cccn1Cc1ccccc1C)C[C@H](C)O. The number of hydrogen-bond acceptors (Lipinski definition) is 2. The Bertz CT molecular complexity index is 601. The molecule has 0 bridgehead atoms. The normalized spacial score (nSPS) is 12.5. The van der Waals surface area contributed by atoms with Gasteiger partial charge >= 0.3 is 0 Å². The van der Waals surface area contributed by atoms with Crippen LogP contribution in [-0.4, -0.2) is 33.8 Å². The topological polar surface area (TPSA) is 28.4 Å². The van der Waals surface area contributed by atoms with Crippen LogP contribution in [0.5, 0.6) is 0 Å². The molecule has 0 unspecified atom stereocenters. The highest BCUT2D eigenvalue weighted by molar-refractivity contribution is 5.26. The summed E-state index contributed by atoms with van der Waals surface area (Å²) in [4.78, 5) is 2.21. The van der Waals surface area contributed by atoms with Gasteiger partial charge in [-0.05, 0) is 37.1 Å². The molecule has 1 aromatic heterocycles. The quantitative estimate of drug-likeness (QED) is 0.758. The number of aryl methyl sites for hydroxylation is 1. The summed E-state index contributed by atoms with van der Waals surface area (Å²) >= 11 is 0. The zero-order valence-corrected chi connectivity index (χ0v) is 13.6. The van der Waals surface area contributed by atoms with E-state index in [9.17, 15) is 5.11 Å². The molecule has 0 radical (unpaired) electrons.